The van der Waals surface area contributed by atoms with Crippen molar-refractivity contribution < 1.29 is 24.1 Å². The Bertz CT molecular complexity index is 1420. The molecule has 0 fully saturated rings. The SMILES string of the molecule is COc1cc(OC)cc(-c2nc(S/C(=C\c3ccc(OCc4ccc(Cl)cc4)c(Br)c3)C(=O)O)n[nH]2)c1. The van der Waals surface area contributed by atoms with Gasteiger partial charge in [0.15, 0.2) is 5.82 Å². The summed E-state index contributed by atoms with van der Waals surface area (Å²) in [6.45, 7) is 0.369. The second-order valence-corrected chi connectivity index (χ2v) is 9.89. The van der Waals surface area contributed by atoms with E-state index in [0.717, 1.165) is 17.3 Å². The van der Waals surface area contributed by atoms with Gasteiger partial charge in [0.05, 0.1) is 18.7 Å². The first-order chi connectivity index (χ1) is 17.8. The van der Waals surface area contributed by atoms with E-state index in [1.165, 1.54) is 0 Å². The smallest absolute Gasteiger partial charge is 0.342 e. The van der Waals surface area contributed by atoms with Gasteiger partial charge in [-0.05, 0) is 81.3 Å². The minimum Gasteiger partial charge on any atom is -0.497 e. The Hall–Kier alpha value is -3.47. The van der Waals surface area contributed by atoms with Crippen LogP contribution in [0.15, 0.2) is 75.2 Å². The van der Waals surface area contributed by atoms with E-state index in [-0.39, 0.29) is 10.1 Å². The molecule has 37 heavy (non-hydrogen) atoms. The maximum absolute atomic E-state index is 12.0. The molecule has 4 rings (SSSR count). The highest BCUT2D eigenvalue weighted by Crippen LogP contribution is 2.32. The van der Waals surface area contributed by atoms with Gasteiger partial charge in [-0.15, -0.1) is 5.10 Å². The van der Waals surface area contributed by atoms with Crippen molar-refractivity contribution in [3.8, 4) is 28.6 Å². The van der Waals surface area contributed by atoms with Gasteiger partial charge in [0.25, 0.3) is 0 Å². The number of carboxylic acids is 1. The van der Waals surface area contributed by atoms with Crippen molar-refractivity contribution in [3.05, 3.63) is 86.2 Å². The lowest BCUT2D eigenvalue weighted by atomic mass is 10.2. The molecule has 0 atom stereocenters. The van der Waals surface area contributed by atoms with Crippen molar-refractivity contribution in [2.75, 3.05) is 14.2 Å². The summed E-state index contributed by atoms with van der Waals surface area (Å²) >= 11 is 10.4. The van der Waals surface area contributed by atoms with E-state index >= 15 is 0 Å². The predicted octanol–water partition coefficient (Wildman–Crippen LogP) is 6.70. The molecule has 0 radical (unpaired) electrons. The molecular formula is C26H21BrClN3O5S. The van der Waals surface area contributed by atoms with E-state index in [9.17, 15) is 9.90 Å². The van der Waals surface area contributed by atoms with Crippen LogP contribution in [0.3, 0.4) is 0 Å². The molecule has 3 aromatic carbocycles. The van der Waals surface area contributed by atoms with E-state index < -0.39 is 5.97 Å². The minimum absolute atomic E-state index is 0.0514. The Balaban J connectivity index is 1.49. The normalized spacial score (nSPS) is 11.3. The van der Waals surface area contributed by atoms with Crippen LogP contribution in [-0.2, 0) is 11.4 Å². The Morgan fingerprint density at radius 3 is 2.41 bits per heavy atom. The standard InChI is InChI=1S/C26H21BrClN3O5S/c1-34-19-11-17(12-20(13-19)35-2)24-29-26(31-30-24)37-23(25(32)33)10-16-5-8-22(21(27)9-16)36-14-15-3-6-18(28)7-4-15/h3-13H,14H2,1-2H3,(H,32,33)(H,29,30,31)/b23-10-. The first-order valence-electron chi connectivity index (χ1n) is 10.8. The number of nitrogens with zero attached hydrogens (tertiary/aromatic N) is 2. The molecule has 11 heteroatoms. The Morgan fingerprint density at radius 1 is 1.08 bits per heavy atom. The molecule has 0 aliphatic heterocycles. The van der Waals surface area contributed by atoms with E-state index in [1.54, 1.807) is 68.8 Å². The molecule has 0 aliphatic carbocycles. The van der Waals surface area contributed by atoms with E-state index in [0.29, 0.717) is 50.3 Å². The maximum Gasteiger partial charge on any atom is 0.342 e. The zero-order valence-electron chi connectivity index (χ0n) is 19.7. The summed E-state index contributed by atoms with van der Waals surface area (Å²) in [6, 6.07) is 18.0. The van der Waals surface area contributed by atoms with Crippen LogP contribution >= 0.6 is 39.3 Å². The number of halogens is 2. The molecule has 190 valence electrons. The van der Waals surface area contributed by atoms with E-state index in [2.05, 4.69) is 31.1 Å². The molecule has 4 aromatic rings. The van der Waals surface area contributed by atoms with Crippen molar-refractivity contribution in [3.63, 3.8) is 0 Å². The number of thioether (sulfide) groups is 1. The fourth-order valence-electron chi connectivity index (χ4n) is 3.22. The summed E-state index contributed by atoms with van der Waals surface area (Å²) in [5.41, 5.74) is 2.33. The molecule has 1 heterocycles. The second-order valence-electron chi connectivity index (χ2n) is 7.59. The Morgan fingerprint density at radius 2 is 1.78 bits per heavy atom. The van der Waals surface area contributed by atoms with Crippen LogP contribution in [0, 0.1) is 0 Å². The summed E-state index contributed by atoms with van der Waals surface area (Å²) in [5, 5.41) is 17.7. The van der Waals surface area contributed by atoms with E-state index in [4.69, 9.17) is 25.8 Å². The average Bonchev–Trinajstić information content (AvgIpc) is 3.37. The number of aliphatic carboxylic acids is 1. The molecular weight excluding hydrogens is 582 g/mol. The first-order valence-corrected chi connectivity index (χ1v) is 12.8. The number of ether oxygens (including phenoxy) is 3. The predicted molar refractivity (Wildman–Crippen MR) is 146 cm³/mol. The van der Waals surface area contributed by atoms with Gasteiger partial charge in [-0.2, -0.15) is 0 Å². The molecule has 0 spiro atoms. The van der Waals surface area contributed by atoms with Gasteiger partial charge in [-0.1, -0.05) is 29.8 Å². The van der Waals surface area contributed by atoms with Crippen LogP contribution in [0.5, 0.6) is 17.2 Å². The highest BCUT2D eigenvalue weighted by Gasteiger charge is 2.16. The maximum atomic E-state index is 12.0. The van der Waals surface area contributed by atoms with Crippen LogP contribution in [0.4, 0.5) is 0 Å². The van der Waals surface area contributed by atoms with Crippen LogP contribution in [0.2, 0.25) is 5.02 Å². The zero-order valence-corrected chi connectivity index (χ0v) is 22.9. The third-order valence-corrected chi connectivity index (χ3v) is 6.81. The van der Waals surface area contributed by atoms with Crippen molar-refractivity contribution in [2.24, 2.45) is 0 Å². The largest absolute Gasteiger partial charge is 0.497 e. The van der Waals surface area contributed by atoms with Gasteiger partial charge >= 0.3 is 5.97 Å². The lowest BCUT2D eigenvalue weighted by Crippen LogP contribution is -1.98. The fourth-order valence-corrected chi connectivity index (χ4v) is 4.56. The van der Waals surface area contributed by atoms with Crippen molar-refractivity contribution >= 4 is 51.3 Å². The van der Waals surface area contributed by atoms with Crippen LogP contribution in [-0.4, -0.2) is 40.5 Å². The number of rotatable bonds is 10. The first kappa shape index (κ1) is 26.6. The van der Waals surface area contributed by atoms with Crippen LogP contribution in [0.1, 0.15) is 11.1 Å². The Kier molecular flexibility index (Phi) is 8.75. The van der Waals surface area contributed by atoms with Crippen molar-refractivity contribution in [1.82, 2.24) is 15.2 Å². The third kappa shape index (κ3) is 7.06. The van der Waals surface area contributed by atoms with Crippen LogP contribution in [0.25, 0.3) is 17.5 Å². The summed E-state index contributed by atoms with van der Waals surface area (Å²) < 4.78 is 17.2. The number of aromatic nitrogens is 3. The fraction of sp³-hybridized carbons (Fsp3) is 0.115. The monoisotopic (exact) mass is 601 g/mol. The van der Waals surface area contributed by atoms with Crippen LogP contribution < -0.4 is 14.2 Å². The molecule has 2 N–H and O–H groups in total. The van der Waals surface area contributed by atoms with Crippen molar-refractivity contribution in [1.29, 1.82) is 0 Å². The quantitative estimate of drug-likeness (QED) is 0.153. The number of H-pyrrole nitrogens is 1. The van der Waals surface area contributed by atoms with Gasteiger partial charge in [0, 0.05) is 16.7 Å². The zero-order chi connectivity index (χ0) is 26.4. The topological polar surface area (TPSA) is 107 Å². The van der Waals surface area contributed by atoms with Gasteiger partial charge in [0.1, 0.15) is 28.8 Å². The molecule has 0 bridgehead atoms. The minimum atomic E-state index is -1.10. The summed E-state index contributed by atoms with van der Waals surface area (Å²) in [4.78, 5) is 16.4. The number of methoxy groups -OCH3 is 2. The highest BCUT2D eigenvalue weighted by atomic mass is 79.9. The van der Waals surface area contributed by atoms with Gasteiger partial charge in [0.2, 0.25) is 5.16 Å². The lowest BCUT2D eigenvalue weighted by Gasteiger charge is -2.09. The Labute approximate surface area is 230 Å². The molecule has 0 saturated carbocycles. The number of aromatic amines is 1. The average molecular weight is 603 g/mol. The number of hydrogen-bond donors (Lipinski definition) is 2. The number of benzene rings is 3. The summed E-state index contributed by atoms with van der Waals surface area (Å²) in [7, 11) is 3.11. The number of nitrogens with one attached hydrogen (secondary N) is 1. The molecule has 0 saturated heterocycles. The van der Waals surface area contributed by atoms with Gasteiger partial charge < -0.3 is 19.3 Å². The molecule has 1 aromatic heterocycles. The number of carbonyl (C=O) groups is 1. The molecule has 0 aliphatic rings. The molecule has 0 unspecified atom stereocenters. The molecule has 0 amide bonds. The highest BCUT2D eigenvalue weighted by molar-refractivity contribution is 9.10. The second kappa shape index (κ2) is 12.2. The number of carboxylic acid groups (broad SMARTS) is 1. The lowest BCUT2D eigenvalue weighted by molar-refractivity contribution is -0.131. The summed E-state index contributed by atoms with van der Waals surface area (Å²) in [6.07, 6.45) is 1.55. The third-order valence-electron chi connectivity index (χ3n) is 5.06. The van der Waals surface area contributed by atoms with Gasteiger partial charge in [-0.3, -0.25) is 5.10 Å². The molecule has 8 nitrogen and oxygen atoms in total. The summed E-state index contributed by atoms with van der Waals surface area (Å²) in [5.74, 6) is 1.17. The van der Waals surface area contributed by atoms with E-state index in [1.807, 2.05) is 12.1 Å². The van der Waals surface area contributed by atoms with Crippen molar-refractivity contribution in [2.45, 2.75) is 11.8 Å². The number of hydrogen-bond acceptors (Lipinski definition) is 7. The van der Waals surface area contributed by atoms with Gasteiger partial charge in [-0.25, -0.2) is 9.78 Å².